The van der Waals surface area contributed by atoms with Crippen LogP contribution in [0.1, 0.15) is 35.6 Å². The first-order valence-electron chi connectivity index (χ1n) is 7.96. The zero-order chi connectivity index (χ0) is 16.4. The molecule has 1 saturated heterocycles. The van der Waals surface area contributed by atoms with Crippen molar-refractivity contribution in [3.05, 3.63) is 64.2 Å². The van der Waals surface area contributed by atoms with E-state index >= 15 is 0 Å². The highest BCUT2D eigenvalue weighted by atomic mass is 35.5. The minimum atomic E-state index is -0.0545. The van der Waals surface area contributed by atoms with Gasteiger partial charge in [-0.3, -0.25) is 0 Å². The van der Waals surface area contributed by atoms with E-state index in [2.05, 4.69) is 24.4 Å². The van der Waals surface area contributed by atoms with Crippen molar-refractivity contribution in [2.24, 2.45) is 0 Å². The summed E-state index contributed by atoms with van der Waals surface area (Å²) in [5.41, 5.74) is 4.14. The summed E-state index contributed by atoms with van der Waals surface area (Å²) in [6.45, 7) is 4.80. The van der Waals surface area contributed by atoms with E-state index in [1.807, 2.05) is 42.2 Å². The number of likely N-dealkylation sites (tertiary alicyclic amines) is 1. The Morgan fingerprint density at radius 2 is 1.96 bits per heavy atom. The second-order valence-electron chi connectivity index (χ2n) is 6.05. The number of halogens is 1. The number of amides is 2. The number of benzene rings is 2. The van der Waals surface area contributed by atoms with Crippen molar-refractivity contribution < 1.29 is 4.79 Å². The summed E-state index contributed by atoms with van der Waals surface area (Å²) in [5, 5.41) is 3.68. The van der Waals surface area contributed by atoms with Gasteiger partial charge in [0.2, 0.25) is 0 Å². The molecule has 2 amide bonds. The minimum absolute atomic E-state index is 0.0545. The van der Waals surface area contributed by atoms with Gasteiger partial charge in [0.15, 0.2) is 0 Å². The molecule has 1 aliphatic heterocycles. The van der Waals surface area contributed by atoms with Crippen molar-refractivity contribution in [3.63, 3.8) is 0 Å². The van der Waals surface area contributed by atoms with Crippen LogP contribution in [0.5, 0.6) is 0 Å². The van der Waals surface area contributed by atoms with Gasteiger partial charge in [0, 0.05) is 17.3 Å². The van der Waals surface area contributed by atoms with E-state index in [4.69, 9.17) is 11.6 Å². The molecule has 3 nitrogen and oxygen atoms in total. The molecule has 3 rings (SSSR count). The number of hydrogen-bond acceptors (Lipinski definition) is 1. The highest BCUT2D eigenvalue weighted by molar-refractivity contribution is 6.31. The molecule has 0 spiro atoms. The quantitative estimate of drug-likeness (QED) is 0.794. The Labute approximate surface area is 142 Å². The van der Waals surface area contributed by atoms with Crippen LogP contribution >= 0.6 is 11.6 Å². The van der Waals surface area contributed by atoms with Crippen LogP contribution in [0, 0.1) is 13.8 Å². The lowest BCUT2D eigenvalue weighted by molar-refractivity contribution is 0.207. The molecule has 0 aliphatic carbocycles. The SMILES string of the molecule is Cc1ccccc1[C@H]1CCCN1C(=O)Nc1cccc(Cl)c1C. The molecule has 2 aromatic rings. The number of carbonyl (C=O) groups excluding carboxylic acids is 1. The van der Waals surface area contributed by atoms with E-state index in [1.54, 1.807) is 0 Å². The first kappa shape index (κ1) is 15.9. The van der Waals surface area contributed by atoms with Crippen molar-refractivity contribution in [3.8, 4) is 0 Å². The largest absolute Gasteiger partial charge is 0.322 e. The fourth-order valence-electron chi connectivity index (χ4n) is 3.22. The second kappa shape index (κ2) is 6.63. The van der Waals surface area contributed by atoms with Crippen molar-refractivity contribution in [2.45, 2.75) is 32.7 Å². The highest BCUT2D eigenvalue weighted by Gasteiger charge is 2.30. The van der Waals surface area contributed by atoms with E-state index in [0.29, 0.717) is 5.02 Å². The Kier molecular flexibility index (Phi) is 4.58. The van der Waals surface area contributed by atoms with Crippen LogP contribution in [-0.4, -0.2) is 17.5 Å². The fraction of sp³-hybridized carbons (Fsp3) is 0.316. The van der Waals surface area contributed by atoms with Crippen molar-refractivity contribution in [1.29, 1.82) is 0 Å². The van der Waals surface area contributed by atoms with Crippen LogP contribution < -0.4 is 5.32 Å². The molecule has 23 heavy (non-hydrogen) atoms. The Morgan fingerprint density at radius 1 is 1.17 bits per heavy atom. The summed E-state index contributed by atoms with van der Waals surface area (Å²) < 4.78 is 0. The lowest BCUT2D eigenvalue weighted by Gasteiger charge is -2.27. The third-order valence-corrected chi connectivity index (χ3v) is 4.98. The molecule has 1 heterocycles. The maximum Gasteiger partial charge on any atom is 0.322 e. The van der Waals surface area contributed by atoms with Crippen LogP contribution in [0.15, 0.2) is 42.5 Å². The lowest BCUT2D eigenvalue weighted by atomic mass is 9.99. The van der Waals surface area contributed by atoms with Crippen LogP contribution in [0.2, 0.25) is 5.02 Å². The smallest absolute Gasteiger partial charge is 0.317 e. The van der Waals surface area contributed by atoms with Gasteiger partial charge in [0.1, 0.15) is 0 Å². The van der Waals surface area contributed by atoms with E-state index in [-0.39, 0.29) is 12.1 Å². The Morgan fingerprint density at radius 3 is 2.74 bits per heavy atom. The number of nitrogens with one attached hydrogen (secondary N) is 1. The Hall–Kier alpha value is -2.00. The number of carbonyl (C=O) groups is 1. The summed E-state index contributed by atoms with van der Waals surface area (Å²) in [6, 6.07) is 14.0. The molecule has 4 heteroatoms. The Balaban J connectivity index is 1.81. The average Bonchev–Trinajstić information content (AvgIpc) is 3.02. The first-order chi connectivity index (χ1) is 11.1. The van der Waals surface area contributed by atoms with Crippen LogP contribution in [-0.2, 0) is 0 Å². The molecule has 0 saturated carbocycles. The van der Waals surface area contributed by atoms with Gasteiger partial charge in [0.25, 0.3) is 0 Å². The van der Waals surface area contributed by atoms with Crippen LogP contribution in [0.4, 0.5) is 10.5 Å². The summed E-state index contributed by atoms with van der Waals surface area (Å²) in [5.74, 6) is 0. The zero-order valence-corrected chi connectivity index (χ0v) is 14.2. The van der Waals surface area contributed by atoms with Gasteiger partial charge in [-0.1, -0.05) is 41.9 Å². The standard InChI is InChI=1S/C19H21ClN2O/c1-13-7-3-4-8-15(13)18-11-6-12-22(18)19(23)21-17-10-5-9-16(20)14(17)2/h3-5,7-10,18H,6,11-12H2,1-2H3,(H,21,23)/t18-/m1/s1. The van der Waals surface area contributed by atoms with Crippen LogP contribution in [0.25, 0.3) is 0 Å². The van der Waals surface area contributed by atoms with E-state index in [1.165, 1.54) is 11.1 Å². The van der Waals surface area contributed by atoms with Gasteiger partial charge in [-0.05, 0) is 55.5 Å². The molecule has 1 N–H and O–H groups in total. The number of hydrogen-bond donors (Lipinski definition) is 1. The van der Waals surface area contributed by atoms with Gasteiger partial charge in [-0.25, -0.2) is 4.79 Å². The van der Waals surface area contributed by atoms with Crippen LogP contribution in [0.3, 0.4) is 0 Å². The summed E-state index contributed by atoms with van der Waals surface area (Å²) in [4.78, 5) is 14.7. The average molecular weight is 329 g/mol. The number of urea groups is 1. The number of rotatable bonds is 2. The topological polar surface area (TPSA) is 32.3 Å². The van der Waals surface area contributed by atoms with Gasteiger partial charge in [0.05, 0.1) is 6.04 Å². The van der Waals surface area contributed by atoms with E-state index < -0.39 is 0 Å². The number of nitrogens with zero attached hydrogens (tertiary/aromatic N) is 1. The molecule has 2 aromatic carbocycles. The first-order valence-corrected chi connectivity index (χ1v) is 8.34. The minimum Gasteiger partial charge on any atom is -0.317 e. The Bertz CT molecular complexity index is 729. The summed E-state index contributed by atoms with van der Waals surface area (Å²) >= 11 is 6.14. The fourth-order valence-corrected chi connectivity index (χ4v) is 3.40. The van der Waals surface area contributed by atoms with Crippen molar-refractivity contribution in [2.75, 3.05) is 11.9 Å². The molecule has 1 fully saturated rings. The van der Waals surface area contributed by atoms with Gasteiger partial charge in [-0.15, -0.1) is 0 Å². The molecule has 1 atom stereocenters. The molecule has 0 radical (unpaired) electrons. The maximum atomic E-state index is 12.7. The highest BCUT2D eigenvalue weighted by Crippen LogP contribution is 2.34. The van der Waals surface area contributed by atoms with Crippen molar-refractivity contribution >= 4 is 23.3 Å². The molecular weight excluding hydrogens is 308 g/mol. The maximum absolute atomic E-state index is 12.7. The monoisotopic (exact) mass is 328 g/mol. The molecular formula is C19H21ClN2O. The lowest BCUT2D eigenvalue weighted by Crippen LogP contribution is -2.34. The molecule has 0 aromatic heterocycles. The van der Waals surface area contributed by atoms with Gasteiger partial charge in [-0.2, -0.15) is 0 Å². The predicted molar refractivity (Wildman–Crippen MR) is 95.1 cm³/mol. The van der Waals surface area contributed by atoms with Crippen molar-refractivity contribution in [1.82, 2.24) is 4.90 Å². The summed E-state index contributed by atoms with van der Waals surface area (Å²) in [6.07, 6.45) is 2.04. The molecule has 1 aliphatic rings. The second-order valence-corrected chi connectivity index (χ2v) is 6.46. The number of anilines is 1. The predicted octanol–water partition coefficient (Wildman–Crippen LogP) is 5.33. The van der Waals surface area contributed by atoms with Gasteiger partial charge >= 0.3 is 6.03 Å². The van der Waals surface area contributed by atoms with E-state index in [9.17, 15) is 4.79 Å². The molecule has 120 valence electrons. The zero-order valence-electron chi connectivity index (χ0n) is 13.5. The normalized spacial score (nSPS) is 17.3. The third-order valence-electron chi connectivity index (χ3n) is 4.57. The molecule has 0 unspecified atom stereocenters. The van der Waals surface area contributed by atoms with E-state index in [0.717, 1.165) is 30.6 Å². The third kappa shape index (κ3) is 3.20. The van der Waals surface area contributed by atoms with Gasteiger partial charge < -0.3 is 10.2 Å². The molecule has 0 bridgehead atoms. The summed E-state index contributed by atoms with van der Waals surface area (Å²) in [7, 11) is 0. The number of aryl methyl sites for hydroxylation is 1.